The maximum Gasteiger partial charge on any atom is 0.383 e. The van der Waals surface area contributed by atoms with Crippen LogP contribution in [0.15, 0.2) is 29.3 Å². The number of benzene rings is 1. The average molecular weight is 249 g/mol. The number of ether oxygens (including phenoxy) is 2. The van der Waals surface area contributed by atoms with Crippen LogP contribution in [0.25, 0.3) is 0 Å². The molecule has 0 unspecified atom stereocenters. The molecule has 0 aliphatic carbocycles. The van der Waals surface area contributed by atoms with E-state index in [-0.39, 0.29) is 0 Å². The van der Waals surface area contributed by atoms with Gasteiger partial charge in [-0.15, -0.1) is 0 Å². The van der Waals surface area contributed by atoms with Gasteiger partial charge in [-0.25, -0.2) is 4.99 Å². The molecule has 1 heterocycles. The lowest BCUT2D eigenvalue weighted by Crippen LogP contribution is -2.32. The van der Waals surface area contributed by atoms with Gasteiger partial charge in [0.2, 0.25) is 0 Å². The second-order valence-corrected chi connectivity index (χ2v) is 4.22. The summed E-state index contributed by atoms with van der Waals surface area (Å²) in [6.45, 7) is 3.90. The van der Waals surface area contributed by atoms with E-state index < -0.39 is 0 Å². The smallest absolute Gasteiger partial charge is 0.383 e. The van der Waals surface area contributed by atoms with Gasteiger partial charge >= 0.3 is 6.08 Å². The minimum Gasteiger partial charge on any atom is -0.454 e. The molecule has 5 heteroatoms. The van der Waals surface area contributed by atoms with Crippen molar-refractivity contribution < 1.29 is 9.47 Å². The zero-order valence-corrected chi connectivity index (χ0v) is 10.6. The Morgan fingerprint density at radius 3 is 3.11 bits per heavy atom. The monoisotopic (exact) mass is 249 g/mol. The van der Waals surface area contributed by atoms with Crippen LogP contribution >= 0.6 is 0 Å². The number of anilines is 1. The van der Waals surface area contributed by atoms with E-state index in [0.717, 1.165) is 25.3 Å². The molecule has 0 spiro atoms. The SMILES string of the molecule is COC1=NCCN(Cc2cccc(N)c2)CCO1. The van der Waals surface area contributed by atoms with Crippen molar-refractivity contribution in [1.82, 2.24) is 4.90 Å². The third kappa shape index (κ3) is 3.63. The number of methoxy groups -OCH3 is 1. The standard InChI is InChI=1S/C13H19N3O2/c1-17-13-15-5-6-16(7-8-18-13)10-11-3-2-4-12(14)9-11/h2-4,9H,5-8,10,14H2,1H3. The molecule has 0 amide bonds. The maximum atomic E-state index is 5.77. The van der Waals surface area contributed by atoms with Crippen LogP contribution in [0, 0.1) is 0 Å². The zero-order chi connectivity index (χ0) is 12.8. The second kappa shape index (κ2) is 6.26. The quantitative estimate of drug-likeness (QED) is 0.797. The van der Waals surface area contributed by atoms with E-state index in [0.29, 0.717) is 19.2 Å². The summed E-state index contributed by atoms with van der Waals surface area (Å²) in [6, 6.07) is 7.96. The fourth-order valence-corrected chi connectivity index (χ4v) is 1.93. The number of rotatable bonds is 2. The van der Waals surface area contributed by atoms with Crippen molar-refractivity contribution in [3.63, 3.8) is 0 Å². The normalized spacial score (nSPS) is 17.3. The van der Waals surface area contributed by atoms with Crippen molar-refractivity contribution in [2.24, 2.45) is 4.99 Å². The van der Waals surface area contributed by atoms with Crippen LogP contribution in [0.3, 0.4) is 0 Å². The van der Waals surface area contributed by atoms with Gasteiger partial charge < -0.3 is 15.2 Å². The van der Waals surface area contributed by atoms with Crippen LogP contribution in [0.4, 0.5) is 5.69 Å². The number of nitrogens with two attached hydrogens (primary N) is 1. The molecule has 2 N–H and O–H groups in total. The summed E-state index contributed by atoms with van der Waals surface area (Å²) in [7, 11) is 1.57. The lowest BCUT2D eigenvalue weighted by molar-refractivity contribution is 0.144. The molecule has 0 saturated heterocycles. The van der Waals surface area contributed by atoms with Crippen molar-refractivity contribution in [2.45, 2.75) is 6.54 Å². The first-order valence-corrected chi connectivity index (χ1v) is 6.06. The molecule has 0 atom stereocenters. The fourth-order valence-electron chi connectivity index (χ4n) is 1.93. The fraction of sp³-hybridized carbons (Fsp3) is 0.462. The molecule has 0 saturated carbocycles. The van der Waals surface area contributed by atoms with Gasteiger partial charge in [-0.3, -0.25) is 4.90 Å². The molecular formula is C13H19N3O2. The minimum absolute atomic E-state index is 0.388. The Morgan fingerprint density at radius 2 is 2.33 bits per heavy atom. The van der Waals surface area contributed by atoms with E-state index in [4.69, 9.17) is 15.2 Å². The van der Waals surface area contributed by atoms with E-state index in [2.05, 4.69) is 16.0 Å². The van der Waals surface area contributed by atoms with Gasteiger partial charge in [0.15, 0.2) is 0 Å². The van der Waals surface area contributed by atoms with E-state index in [1.54, 1.807) is 7.11 Å². The summed E-state index contributed by atoms with van der Waals surface area (Å²) >= 11 is 0. The first-order chi connectivity index (χ1) is 8.78. The lowest BCUT2D eigenvalue weighted by Gasteiger charge is -2.23. The summed E-state index contributed by atoms with van der Waals surface area (Å²) in [4.78, 5) is 6.51. The third-order valence-corrected chi connectivity index (χ3v) is 2.82. The molecule has 1 aliphatic heterocycles. The highest BCUT2D eigenvalue weighted by atomic mass is 16.7. The molecule has 1 aromatic carbocycles. The molecule has 1 aromatic rings. The summed E-state index contributed by atoms with van der Waals surface area (Å²) in [5.74, 6) is 0. The Labute approximate surface area is 107 Å². The number of aliphatic imine (C=N–C) groups is 1. The van der Waals surface area contributed by atoms with Gasteiger partial charge in [-0.05, 0) is 17.7 Å². The predicted molar refractivity (Wildman–Crippen MR) is 71.4 cm³/mol. The van der Waals surface area contributed by atoms with Crippen molar-refractivity contribution in [2.75, 3.05) is 39.1 Å². The largest absolute Gasteiger partial charge is 0.454 e. The van der Waals surface area contributed by atoms with Crippen LogP contribution < -0.4 is 5.73 Å². The number of hydrogen-bond acceptors (Lipinski definition) is 5. The Balaban J connectivity index is 1.92. The van der Waals surface area contributed by atoms with Crippen molar-refractivity contribution >= 4 is 11.8 Å². The van der Waals surface area contributed by atoms with Crippen molar-refractivity contribution in [3.05, 3.63) is 29.8 Å². The van der Waals surface area contributed by atoms with E-state index in [1.165, 1.54) is 5.56 Å². The van der Waals surface area contributed by atoms with Crippen LogP contribution in [0.5, 0.6) is 0 Å². The number of nitrogen functional groups attached to an aromatic ring is 1. The molecule has 5 nitrogen and oxygen atoms in total. The molecule has 1 aliphatic rings. The van der Waals surface area contributed by atoms with Gasteiger partial charge in [0, 0.05) is 25.3 Å². The van der Waals surface area contributed by atoms with Crippen LogP contribution in [0.1, 0.15) is 5.56 Å². The molecule has 0 aromatic heterocycles. The van der Waals surface area contributed by atoms with E-state index in [1.807, 2.05) is 18.2 Å². The lowest BCUT2D eigenvalue weighted by atomic mass is 10.2. The number of nitrogens with zero attached hydrogens (tertiary/aromatic N) is 2. The highest BCUT2D eigenvalue weighted by Crippen LogP contribution is 2.10. The molecule has 0 bridgehead atoms. The molecule has 0 fully saturated rings. The first-order valence-electron chi connectivity index (χ1n) is 6.06. The minimum atomic E-state index is 0.388. The third-order valence-electron chi connectivity index (χ3n) is 2.82. The Bertz CT molecular complexity index is 420. The van der Waals surface area contributed by atoms with E-state index in [9.17, 15) is 0 Å². The van der Waals surface area contributed by atoms with Gasteiger partial charge in [-0.2, -0.15) is 0 Å². The average Bonchev–Trinajstić information content (AvgIpc) is 2.32. The Morgan fingerprint density at radius 1 is 1.44 bits per heavy atom. The molecule has 2 rings (SSSR count). The van der Waals surface area contributed by atoms with Crippen molar-refractivity contribution in [1.29, 1.82) is 0 Å². The molecule has 18 heavy (non-hydrogen) atoms. The maximum absolute atomic E-state index is 5.77. The molecule has 98 valence electrons. The highest BCUT2D eigenvalue weighted by Gasteiger charge is 2.11. The topological polar surface area (TPSA) is 60.1 Å². The van der Waals surface area contributed by atoms with Crippen LogP contribution in [-0.4, -0.2) is 44.3 Å². The van der Waals surface area contributed by atoms with Gasteiger partial charge in [0.1, 0.15) is 6.61 Å². The Hall–Kier alpha value is -1.75. The molecular weight excluding hydrogens is 230 g/mol. The molecule has 0 radical (unpaired) electrons. The summed E-state index contributed by atoms with van der Waals surface area (Å²) in [5, 5.41) is 0. The van der Waals surface area contributed by atoms with Gasteiger partial charge in [-0.1, -0.05) is 12.1 Å². The summed E-state index contributed by atoms with van der Waals surface area (Å²) in [6.07, 6.45) is 0.388. The summed E-state index contributed by atoms with van der Waals surface area (Å²) in [5.41, 5.74) is 7.79. The number of hydrogen-bond donors (Lipinski definition) is 1. The predicted octanol–water partition coefficient (Wildman–Crippen LogP) is 1.10. The van der Waals surface area contributed by atoms with E-state index >= 15 is 0 Å². The highest BCUT2D eigenvalue weighted by molar-refractivity contribution is 5.66. The van der Waals surface area contributed by atoms with Gasteiger partial charge in [0.05, 0.1) is 13.7 Å². The first kappa shape index (κ1) is 12.7. The Kier molecular flexibility index (Phi) is 4.41. The zero-order valence-electron chi connectivity index (χ0n) is 10.6. The second-order valence-electron chi connectivity index (χ2n) is 4.22. The van der Waals surface area contributed by atoms with Crippen molar-refractivity contribution in [3.8, 4) is 0 Å². The van der Waals surface area contributed by atoms with Crippen LogP contribution in [0.2, 0.25) is 0 Å². The van der Waals surface area contributed by atoms with Crippen LogP contribution in [-0.2, 0) is 16.0 Å². The van der Waals surface area contributed by atoms with Gasteiger partial charge in [0.25, 0.3) is 0 Å². The summed E-state index contributed by atoms with van der Waals surface area (Å²) < 4.78 is 10.4.